The van der Waals surface area contributed by atoms with Gasteiger partial charge in [0, 0.05) is 24.5 Å². The van der Waals surface area contributed by atoms with E-state index in [1.807, 2.05) is 66.9 Å². The zero-order valence-corrected chi connectivity index (χ0v) is 17.1. The molecule has 4 aromatic rings. The largest absolute Gasteiger partial charge is 0.340 e. The smallest absolute Gasteiger partial charge is 0.263 e. The van der Waals surface area contributed by atoms with Crippen molar-refractivity contribution >= 4 is 27.5 Å². The second-order valence-corrected chi connectivity index (χ2v) is 7.97. The van der Waals surface area contributed by atoms with Crippen molar-refractivity contribution in [2.45, 2.75) is 20.0 Å². The Kier molecular flexibility index (Phi) is 5.27. The third-order valence-electron chi connectivity index (χ3n) is 4.92. The summed E-state index contributed by atoms with van der Waals surface area (Å²) in [6.07, 6.45) is 1.47. The Morgan fingerprint density at radius 1 is 1.10 bits per heavy atom. The molecule has 5 nitrogen and oxygen atoms in total. The fourth-order valence-electron chi connectivity index (χ4n) is 3.24. The number of carbonyl (C=O) groups excluding carboxylic acids is 1. The SMILES string of the molecule is Cc1ccc(-c2csc3ncn(CC(=O)N(C)Cc4ccccc4)c(=O)c23)cc1. The summed E-state index contributed by atoms with van der Waals surface area (Å²) in [4.78, 5) is 32.5. The van der Waals surface area contributed by atoms with Crippen molar-refractivity contribution in [3.63, 3.8) is 0 Å². The highest BCUT2D eigenvalue weighted by Crippen LogP contribution is 2.30. The van der Waals surface area contributed by atoms with Gasteiger partial charge in [0.25, 0.3) is 5.56 Å². The van der Waals surface area contributed by atoms with Crippen LogP contribution in [0.5, 0.6) is 0 Å². The van der Waals surface area contributed by atoms with Gasteiger partial charge in [-0.2, -0.15) is 0 Å². The zero-order chi connectivity index (χ0) is 20.4. The van der Waals surface area contributed by atoms with Gasteiger partial charge in [0.05, 0.1) is 11.7 Å². The van der Waals surface area contributed by atoms with Crippen molar-refractivity contribution in [2.75, 3.05) is 7.05 Å². The number of fused-ring (bicyclic) bond motifs is 1. The number of hydrogen-bond acceptors (Lipinski definition) is 4. The number of thiophene rings is 1. The van der Waals surface area contributed by atoms with Crippen LogP contribution in [0.2, 0.25) is 0 Å². The highest BCUT2D eigenvalue weighted by Gasteiger charge is 2.16. The van der Waals surface area contributed by atoms with Crippen LogP contribution >= 0.6 is 11.3 Å². The number of nitrogens with zero attached hydrogens (tertiary/aromatic N) is 3. The summed E-state index contributed by atoms with van der Waals surface area (Å²) in [6.45, 7) is 2.49. The normalized spacial score (nSPS) is 11.0. The second-order valence-electron chi connectivity index (χ2n) is 7.11. The maximum Gasteiger partial charge on any atom is 0.263 e. The molecule has 2 aromatic heterocycles. The molecule has 2 aromatic carbocycles. The number of hydrogen-bond donors (Lipinski definition) is 0. The standard InChI is InChI=1S/C23H21N3O2S/c1-16-8-10-18(11-9-16)19-14-29-22-21(19)23(28)26(15-24-22)13-20(27)25(2)12-17-6-4-3-5-7-17/h3-11,14-15H,12-13H2,1-2H3. The van der Waals surface area contributed by atoms with Gasteiger partial charge in [0.2, 0.25) is 5.91 Å². The first kappa shape index (κ1) is 19.1. The van der Waals surface area contributed by atoms with E-state index in [0.717, 1.165) is 22.3 Å². The first-order valence-electron chi connectivity index (χ1n) is 9.34. The summed E-state index contributed by atoms with van der Waals surface area (Å²) in [6, 6.07) is 17.8. The Hall–Kier alpha value is -3.25. The lowest BCUT2D eigenvalue weighted by molar-refractivity contribution is -0.131. The molecule has 0 unspecified atom stereocenters. The highest BCUT2D eigenvalue weighted by atomic mass is 32.1. The molecule has 1 amide bonds. The average Bonchev–Trinajstić information content (AvgIpc) is 3.16. The quantitative estimate of drug-likeness (QED) is 0.504. The van der Waals surface area contributed by atoms with E-state index in [2.05, 4.69) is 4.98 Å². The third-order valence-corrected chi connectivity index (χ3v) is 5.80. The van der Waals surface area contributed by atoms with E-state index in [0.29, 0.717) is 16.8 Å². The van der Waals surface area contributed by atoms with Crippen LogP contribution in [0.1, 0.15) is 11.1 Å². The highest BCUT2D eigenvalue weighted by molar-refractivity contribution is 7.17. The van der Waals surface area contributed by atoms with Crippen LogP contribution in [0.25, 0.3) is 21.3 Å². The Labute approximate surface area is 172 Å². The van der Waals surface area contributed by atoms with E-state index >= 15 is 0 Å². The maximum absolute atomic E-state index is 13.1. The number of carbonyl (C=O) groups is 1. The molecule has 0 aliphatic carbocycles. The molecule has 0 atom stereocenters. The van der Waals surface area contributed by atoms with Crippen LogP contribution in [-0.2, 0) is 17.9 Å². The molecule has 29 heavy (non-hydrogen) atoms. The number of aromatic nitrogens is 2. The Morgan fingerprint density at radius 3 is 2.55 bits per heavy atom. The van der Waals surface area contributed by atoms with Gasteiger partial charge in [-0.3, -0.25) is 14.2 Å². The van der Waals surface area contributed by atoms with E-state index in [4.69, 9.17) is 0 Å². The van der Waals surface area contributed by atoms with Crippen LogP contribution in [0.3, 0.4) is 0 Å². The van der Waals surface area contributed by atoms with Crippen molar-refractivity contribution in [1.29, 1.82) is 0 Å². The van der Waals surface area contributed by atoms with Gasteiger partial charge < -0.3 is 4.90 Å². The van der Waals surface area contributed by atoms with Gasteiger partial charge in [0.1, 0.15) is 11.4 Å². The van der Waals surface area contributed by atoms with Crippen molar-refractivity contribution < 1.29 is 4.79 Å². The monoisotopic (exact) mass is 403 g/mol. The summed E-state index contributed by atoms with van der Waals surface area (Å²) in [7, 11) is 1.74. The van der Waals surface area contributed by atoms with E-state index < -0.39 is 0 Å². The zero-order valence-electron chi connectivity index (χ0n) is 16.3. The maximum atomic E-state index is 13.1. The van der Waals surface area contributed by atoms with Gasteiger partial charge in [-0.15, -0.1) is 11.3 Å². The molecular formula is C23H21N3O2S. The minimum Gasteiger partial charge on any atom is -0.340 e. The fourth-order valence-corrected chi connectivity index (χ4v) is 4.14. The molecule has 4 rings (SSSR count). The lowest BCUT2D eigenvalue weighted by atomic mass is 10.1. The fraction of sp³-hybridized carbons (Fsp3) is 0.174. The topological polar surface area (TPSA) is 55.2 Å². The molecule has 0 bridgehead atoms. The minimum absolute atomic E-state index is 0.0334. The first-order valence-corrected chi connectivity index (χ1v) is 10.2. The number of rotatable bonds is 5. The van der Waals surface area contributed by atoms with Crippen LogP contribution in [0, 0.1) is 6.92 Å². The predicted octanol–water partition coefficient (Wildman–Crippen LogP) is 4.09. The van der Waals surface area contributed by atoms with Crippen LogP contribution < -0.4 is 5.56 Å². The van der Waals surface area contributed by atoms with Gasteiger partial charge >= 0.3 is 0 Å². The summed E-state index contributed by atoms with van der Waals surface area (Å²) in [5, 5.41) is 2.53. The number of likely N-dealkylation sites (N-methyl/N-ethyl adjacent to an activating group) is 1. The number of benzene rings is 2. The molecule has 0 spiro atoms. The number of aryl methyl sites for hydroxylation is 1. The van der Waals surface area contributed by atoms with Crippen LogP contribution in [0.4, 0.5) is 0 Å². The summed E-state index contributed by atoms with van der Waals surface area (Å²) in [5.41, 5.74) is 3.86. The average molecular weight is 404 g/mol. The summed E-state index contributed by atoms with van der Waals surface area (Å²) >= 11 is 1.44. The lowest BCUT2D eigenvalue weighted by Gasteiger charge is -2.18. The molecule has 0 radical (unpaired) electrons. The van der Waals surface area contributed by atoms with Crippen LogP contribution in [-0.4, -0.2) is 27.4 Å². The molecule has 0 aliphatic heterocycles. The van der Waals surface area contributed by atoms with E-state index in [1.165, 1.54) is 22.2 Å². The number of amides is 1. The van der Waals surface area contributed by atoms with E-state index in [-0.39, 0.29) is 18.0 Å². The molecule has 0 fully saturated rings. The Balaban J connectivity index is 1.62. The van der Waals surface area contributed by atoms with Crippen molar-refractivity contribution in [2.24, 2.45) is 0 Å². The Bertz CT molecular complexity index is 1210. The van der Waals surface area contributed by atoms with Gasteiger partial charge in [-0.05, 0) is 18.1 Å². The van der Waals surface area contributed by atoms with Crippen LogP contribution in [0.15, 0.2) is 71.1 Å². The molecular weight excluding hydrogens is 382 g/mol. The van der Waals surface area contributed by atoms with E-state index in [9.17, 15) is 9.59 Å². The lowest BCUT2D eigenvalue weighted by Crippen LogP contribution is -2.33. The molecule has 0 saturated heterocycles. The minimum atomic E-state index is -0.187. The molecule has 6 heteroatoms. The molecule has 0 N–H and O–H groups in total. The van der Waals surface area contributed by atoms with Crippen molar-refractivity contribution in [3.05, 3.63) is 87.8 Å². The van der Waals surface area contributed by atoms with Crippen molar-refractivity contribution in [3.8, 4) is 11.1 Å². The van der Waals surface area contributed by atoms with Gasteiger partial charge in [0.15, 0.2) is 0 Å². The molecule has 0 aliphatic rings. The molecule has 146 valence electrons. The van der Waals surface area contributed by atoms with E-state index in [1.54, 1.807) is 11.9 Å². The predicted molar refractivity (Wildman–Crippen MR) is 117 cm³/mol. The molecule has 2 heterocycles. The van der Waals surface area contributed by atoms with Gasteiger partial charge in [-0.25, -0.2) is 4.98 Å². The Morgan fingerprint density at radius 2 is 1.83 bits per heavy atom. The summed E-state index contributed by atoms with van der Waals surface area (Å²) in [5.74, 6) is -0.135. The van der Waals surface area contributed by atoms with Crippen molar-refractivity contribution in [1.82, 2.24) is 14.5 Å². The first-order chi connectivity index (χ1) is 14.0. The third kappa shape index (κ3) is 3.98. The second kappa shape index (κ2) is 8.01. The van der Waals surface area contributed by atoms with Gasteiger partial charge in [-0.1, -0.05) is 60.2 Å². The molecule has 0 saturated carbocycles. The summed E-state index contributed by atoms with van der Waals surface area (Å²) < 4.78 is 1.40.